The van der Waals surface area contributed by atoms with Crippen molar-refractivity contribution < 1.29 is 9.13 Å². The van der Waals surface area contributed by atoms with E-state index in [1.165, 1.54) is 0 Å². The average Bonchev–Trinajstić information content (AvgIpc) is 2.74. The van der Waals surface area contributed by atoms with Crippen LogP contribution in [-0.2, 0) is 11.3 Å². The lowest BCUT2D eigenvalue weighted by atomic mass is 9.95. The van der Waals surface area contributed by atoms with E-state index in [0.717, 1.165) is 55.1 Å². The normalized spacial score (nSPS) is 16.4. The summed E-state index contributed by atoms with van der Waals surface area (Å²) in [6, 6.07) is 12.1. The van der Waals surface area contributed by atoms with Gasteiger partial charge in [-0.3, -0.25) is 0 Å². The van der Waals surface area contributed by atoms with Crippen molar-refractivity contribution in [2.24, 2.45) is 0 Å². The molecule has 0 bridgehead atoms. The minimum absolute atomic E-state index is 0.409. The van der Waals surface area contributed by atoms with Gasteiger partial charge in [-0.05, 0) is 36.2 Å². The standard InChI is InChI=1S/C23H30ClFN2O/c1-4-22(25)21-15-18(27-12-10-26(5-2)11-13-27)14-20(23(21)24)19-9-7-6-8-17(19)16-28-3/h6-9,14-15,22H,4-5,10-13,16H2,1-3H3. The number of methoxy groups -OCH3 is 1. The summed E-state index contributed by atoms with van der Waals surface area (Å²) in [7, 11) is 1.68. The first-order valence-corrected chi connectivity index (χ1v) is 10.5. The molecular weight excluding hydrogens is 375 g/mol. The molecule has 5 heteroatoms. The van der Waals surface area contributed by atoms with Crippen LogP contribution in [0.3, 0.4) is 0 Å². The SMILES string of the molecule is CCC(F)c1cc(N2CCN(CC)CC2)cc(-c2ccccc2COC)c1Cl. The van der Waals surface area contributed by atoms with Gasteiger partial charge in [-0.2, -0.15) is 0 Å². The molecule has 3 rings (SSSR count). The molecule has 152 valence electrons. The van der Waals surface area contributed by atoms with Crippen molar-refractivity contribution in [1.29, 1.82) is 0 Å². The van der Waals surface area contributed by atoms with E-state index in [2.05, 4.69) is 22.8 Å². The summed E-state index contributed by atoms with van der Waals surface area (Å²) >= 11 is 6.74. The number of hydrogen-bond acceptors (Lipinski definition) is 3. The van der Waals surface area contributed by atoms with E-state index in [-0.39, 0.29) is 0 Å². The van der Waals surface area contributed by atoms with Crippen molar-refractivity contribution in [2.75, 3.05) is 44.7 Å². The highest BCUT2D eigenvalue weighted by Gasteiger charge is 2.22. The third-order valence-corrected chi connectivity index (χ3v) is 6.00. The predicted octanol–water partition coefficient (Wildman–Crippen LogP) is 5.72. The maximum atomic E-state index is 14.8. The summed E-state index contributed by atoms with van der Waals surface area (Å²) in [6.07, 6.45) is -0.663. The zero-order valence-corrected chi connectivity index (χ0v) is 17.8. The molecule has 0 saturated carbocycles. The molecule has 1 saturated heterocycles. The van der Waals surface area contributed by atoms with E-state index in [0.29, 0.717) is 23.6 Å². The summed E-state index contributed by atoms with van der Waals surface area (Å²) in [5.41, 5.74) is 4.58. The number of anilines is 1. The minimum atomic E-state index is -1.07. The zero-order chi connectivity index (χ0) is 20.1. The van der Waals surface area contributed by atoms with Gasteiger partial charge < -0.3 is 14.5 Å². The monoisotopic (exact) mass is 404 g/mol. The Morgan fingerprint density at radius 2 is 1.79 bits per heavy atom. The summed E-state index contributed by atoms with van der Waals surface area (Å²) in [6.45, 7) is 9.54. The van der Waals surface area contributed by atoms with E-state index >= 15 is 0 Å². The van der Waals surface area contributed by atoms with Crippen LogP contribution in [0.5, 0.6) is 0 Å². The fraction of sp³-hybridized carbons (Fsp3) is 0.478. The van der Waals surface area contributed by atoms with E-state index < -0.39 is 6.17 Å². The van der Waals surface area contributed by atoms with Gasteiger partial charge in [0.2, 0.25) is 0 Å². The second kappa shape index (κ2) is 9.73. The first-order chi connectivity index (χ1) is 13.6. The Kier molecular flexibility index (Phi) is 7.33. The van der Waals surface area contributed by atoms with Crippen LogP contribution in [0.2, 0.25) is 5.02 Å². The van der Waals surface area contributed by atoms with Crippen molar-refractivity contribution >= 4 is 17.3 Å². The quantitative estimate of drug-likeness (QED) is 0.587. The van der Waals surface area contributed by atoms with Gasteiger partial charge in [0, 0.05) is 50.1 Å². The molecule has 0 aliphatic carbocycles. The number of benzene rings is 2. The van der Waals surface area contributed by atoms with E-state index in [9.17, 15) is 4.39 Å². The van der Waals surface area contributed by atoms with Crippen LogP contribution in [0.15, 0.2) is 36.4 Å². The van der Waals surface area contributed by atoms with Crippen LogP contribution in [0.25, 0.3) is 11.1 Å². The van der Waals surface area contributed by atoms with Gasteiger partial charge in [0.25, 0.3) is 0 Å². The van der Waals surface area contributed by atoms with Crippen LogP contribution in [0.1, 0.15) is 37.6 Å². The third-order valence-electron chi connectivity index (χ3n) is 5.57. The van der Waals surface area contributed by atoms with Crippen LogP contribution in [-0.4, -0.2) is 44.7 Å². The summed E-state index contributed by atoms with van der Waals surface area (Å²) in [4.78, 5) is 4.78. The predicted molar refractivity (Wildman–Crippen MR) is 116 cm³/mol. The highest BCUT2D eigenvalue weighted by molar-refractivity contribution is 6.34. The van der Waals surface area contributed by atoms with Crippen LogP contribution in [0.4, 0.5) is 10.1 Å². The molecule has 3 nitrogen and oxygen atoms in total. The lowest BCUT2D eigenvalue weighted by Gasteiger charge is -2.36. The molecule has 0 aromatic heterocycles. The van der Waals surface area contributed by atoms with E-state index in [1.54, 1.807) is 7.11 Å². The van der Waals surface area contributed by atoms with Crippen LogP contribution in [0, 0.1) is 0 Å². The van der Waals surface area contributed by atoms with Gasteiger partial charge in [0.15, 0.2) is 0 Å². The molecule has 1 fully saturated rings. The lowest BCUT2D eigenvalue weighted by Crippen LogP contribution is -2.46. The molecule has 1 unspecified atom stereocenters. The zero-order valence-electron chi connectivity index (χ0n) is 17.0. The number of alkyl halides is 1. The molecule has 1 heterocycles. The van der Waals surface area contributed by atoms with Crippen molar-refractivity contribution in [3.8, 4) is 11.1 Å². The minimum Gasteiger partial charge on any atom is -0.380 e. The topological polar surface area (TPSA) is 15.7 Å². The summed E-state index contributed by atoms with van der Waals surface area (Å²) in [5, 5.41) is 0.508. The van der Waals surface area contributed by atoms with Crippen molar-refractivity contribution in [1.82, 2.24) is 4.90 Å². The van der Waals surface area contributed by atoms with Crippen LogP contribution >= 0.6 is 11.6 Å². The van der Waals surface area contributed by atoms with Gasteiger partial charge in [-0.15, -0.1) is 0 Å². The molecule has 1 aliphatic rings. The Balaban J connectivity index is 2.07. The van der Waals surface area contributed by atoms with Gasteiger partial charge >= 0.3 is 0 Å². The fourth-order valence-electron chi connectivity index (χ4n) is 3.84. The second-order valence-electron chi connectivity index (χ2n) is 7.28. The van der Waals surface area contributed by atoms with E-state index in [4.69, 9.17) is 16.3 Å². The van der Waals surface area contributed by atoms with Gasteiger partial charge in [0.1, 0.15) is 6.17 Å². The van der Waals surface area contributed by atoms with Crippen LogP contribution < -0.4 is 4.90 Å². The number of hydrogen-bond donors (Lipinski definition) is 0. The third kappa shape index (κ3) is 4.51. The lowest BCUT2D eigenvalue weighted by molar-refractivity contribution is 0.185. The van der Waals surface area contributed by atoms with Gasteiger partial charge in [0.05, 0.1) is 11.6 Å². The van der Waals surface area contributed by atoms with Crippen molar-refractivity contribution in [2.45, 2.75) is 33.0 Å². The van der Waals surface area contributed by atoms with Crippen molar-refractivity contribution in [3.05, 3.63) is 52.5 Å². The Morgan fingerprint density at radius 3 is 2.43 bits per heavy atom. The number of halogens is 2. The Morgan fingerprint density at radius 1 is 1.07 bits per heavy atom. The highest BCUT2D eigenvalue weighted by Crippen LogP contribution is 2.41. The van der Waals surface area contributed by atoms with Crippen molar-refractivity contribution in [3.63, 3.8) is 0 Å². The fourth-order valence-corrected chi connectivity index (χ4v) is 4.17. The molecule has 0 N–H and O–H groups in total. The second-order valence-corrected chi connectivity index (χ2v) is 7.66. The molecule has 0 spiro atoms. The number of piperazine rings is 1. The Bertz CT molecular complexity index is 790. The number of ether oxygens (including phenoxy) is 1. The summed E-state index contributed by atoms with van der Waals surface area (Å²) in [5.74, 6) is 0. The smallest absolute Gasteiger partial charge is 0.126 e. The first kappa shape index (κ1) is 21.1. The summed E-state index contributed by atoms with van der Waals surface area (Å²) < 4.78 is 20.2. The molecule has 2 aromatic rings. The molecule has 0 radical (unpaired) electrons. The maximum Gasteiger partial charge on any atom is 0.126 e. The molecular formula is C23H30ClFN2O. The highest BCUT2D eigenvalue weighted by atomic mass is 35.5. The number of rotatable bonds is 7. The molecule has 28 heavy (non-hydrogen) atoms. The number of likely N-dealkylation sites (N-methyl/N-ethyl adjacent to an activating group) is 1. The molecule has 1 atom stereocenters. The average molecular weight is 405 g/mol. The van der Waals surface area contributed by atoms with Gasteiger partial charge in [-0.25, -0.2) is 4.39 Å². The van der Waals surface area contributed by atoms with E-state index in [1.807, 2.05) is 37.3 Å². The Hall–Kier alpha value is -1.62. The maximum absolute atomic E-state index is 14.8. The Labute approximate surface area is 173 Å². The molecule has 0 amide bonds. The molecule has 1 aliphatic heterocycles. The largest absolute Gasteiger partial charge is 0.380 e. The molecule has 2 aromatic carbocycles. The number of nitrogens with zero attached hydrogens (tertiary/aromatic N) is 2. The first-order valence-electron chi connectivity index (χ1n) is 10.1. The van der Waals surface area contributed by atoms with Gasteiger partial charge in [-0.1, -0.05) is 49.7 Å².